The highest BCUT2D eigenvalue weighted by molar-refractivity contribution is 7.18. The van der Waals surface area contributed by atoms with Crippen molar-refractivity contribution in [1.82, 2.24) is 4.90 Å². The molecule has 3 aromatic rings. The summed E-state index contributed by atoms with van der Waals surface area (Å²) in [6, 6.07) is 12.5. The summed E-state index contributed by atoms with van der Waals surface area (Å²) in [7, 11) is 0. The van der Waals surface area contributed by atoms with Crippen molar-refractivity contribution in [3.63, 3.8) is 0 Å². The minimum atomic E-state index is -0.652. The van der Waals surface area contributed by atoms with Gasteiger partial charge in [0, 0.05) is 44.0 Å². The highest BCUT2D eigenvalue weighted by atomic mass is 32.1. The first kappa shape index (κ1) is 23.0. The Morgan fingerprint density at radius 3 is 2.44 bits per heavy atom. The van der Waals surface area contributed by atoms with Gasteiger partial charge in [-0.25, -0.2) is 4.79 Å². The number of benzene rings is 1. The van der Waals surface area contributed by atoms with Crippen molar-refractivity contribution in [2.24, 2.45) is 0 Å². The number of esters is 1. The third-order valence-electron chi connectivity index (χ3n) is 5.17. The van der Waals surface area contributed by atoms with Crippen LogP contribution in [0, 0.1) is 10.1 Å². The Bertz CT molecular complexity index is 1180. The number of nitro groups is 1. The van der Waals surface area contributed by atoms with Gasteiger partial charge in [-0.3, -0.25) is 19.7 Å². The second-order valence-electron chi connectivity index (χ2n) is 7.31. The lowest BCUT2D eigenvalue weighted by atomic mass is 10.2. The number of piperazine rings is 1. The van der Waals surface area contributed by atoms with Crippen LogP contribution in [0.4, 0.5) is 16.4 Å². The number of hydrogen-bond donors (Lipinski definition) is 1. The van der Waals surface area contributed by atoms with E-state index in [1.54, 1.807) is 29.2 Å². The zero-order chi connectivity index (χ0) is 24.1. The average Bonchev–Trinajstić information content (AvgIpc) is 3.55. The maximum Gasteiger partial charge on any atom is 0.348 e. The average molecular weight is 484 g/mol. The molecule has 0 atom stereocenters. The molecule has 2 amide bonds. The number of ether oxygens (including phenoxy) is 1. The fourth-order valence-electron chi connectivity index (χ4n) is 3.38. The molecule has 0 unspecified atom stereocenters. The van der Waals surface area contributed by atoms with Crippen LogP contribution < -0.4 is 10.2 Å². The quantitative estimate of drug-likeness (QED) is 0.307. The van der Waals surface area contributed by atoms with Gasteiger partial charge < -0.3 is 24.3 Å². The van der Waals surface area contributed by atoms with Gasteiger partial charge in [0.1, 0.15) is 4.88 Å². The lowest BCUT2D eigenvalue weighted by Gasteiger charge is -2.36. The van der Waals surface area contributed by atoms with Crippen LogP contribution in [-0.4, -0.2) is 60.4 Å². The Labute approximate surface area is 197 Å². The topological polar surface area (TPSA) is 135 Å². The molecule has 1 saturated heterocycles. The van der Waals surface area contributed by atoms with Gasteiger partial charge >= 0.3 is 5.97 Å². The van der Waals surface area contributed by atoms with Gasteiger partial charge in [-0.05, 0) is 36.4 Å². The van der Waals surface area contributed by atoms with Crippen LogP contribution in [0.5, 0.6) is 0 Å². The van der Waals surface area contributed by atoms with Crippen molar-refractivity contribution in [2.75, 3.05) is 43.0 Å². The predicted molar refractivity (Wildman–Crippen MR) is 123 cm³/mol. The van der Waals surface area contributed by atoms with Crippen molar-refractivity contribution in [1.29, 1.82) is 0 Å². The van der Waals surface area contributed by atoms with E-state index in [0.29, 0.717) is 31.2 Å². The molecule has 34 heavy (non-hydrogen) atoms. The number of carbonyl (C=O) groups is 3. The minimum Gasteiger partial charge on any atom is -0.459 e. The number of nitro benzene ring substituents is 1. The van der Waals surface area contributed by atoms with Gasteiger partial charge in [0.15, 0.2) is 12.4 Å². The number of hydrogen-bond acceptors (Lipinski definition) is 9. The summed E-state index contributed by atoms with van der Waals surface area (Å²) in [4.78, 5) is 51.0. The van der Waals surface area contributed by atoms with E-state index in [0.717, 1.165) is 17.0 Å². The fourth-order valence-corrected chi connectivity index (χ4v) is 4.18. The molecule has 0 spiro atoms. The zero-order valence-corrected chi connectivity index (χ0v) is 18.7. The minimum absolute atomic E-state index is 0.0251. The lowest BCUT2D eigenvalue weighted by molar-refractivity contribution is -0.384. The molecule has 0 aliphatic carbocycles. The van der Waals surface area contributed by atoms with Gasteiger partial charge in [0.2, 0.25) is 0 Å². The summed E-state index contributed by atoms with van der Waals surface area (Å²) in [6.45, 7) is 1.61. The molecule has 4 rings (SSSR count). The first-order chi connectivity index (χ1) is 16.4. The van der Waals surface area contributed by atoms with E-state index >= 15 is 0 Å². The molecule has 2 aromatic heterocycles. The highest BCUT2D eigenvalue weighted by Crippen LogP contribution is 2.24. The maximum atomic E-state index is 12.5. The van der Waals surface area contributed by atoms with Crippen molar-refractivity contribution in [3.8, 4) is 0 Å². The van der Waals surface area contributed by atoms with Crippen LogP contribution in [0.2, 0.25) is 0 Å². The SMILES string of the molecule is O=C(Nc1ccc(C(=O)OCC(=O)N2CCN(c3ccc([N+](=O)[O-])cc3)CC2)s1)c1ccco1. The Morgan fingerprint density at radius 2 is 1.79 bits per heavy atom. The lowest BCUT2D eigenvalue weighted by Crippen LogP contribution is -2.49. The first-order valence-corrected chi connectivity index (χ1v) is 11.1. The van der Waals surface area contributed by atoms with E-state index in [9.17, 15) is 24.5 Å². The second-order valence-corrected chi connectivity index (χ2v) is 8.40. The van der Waals surface area contributed by atoms with Crippen LogP contribution in [0.25, 0.3) is 0 Å². The van der Waals surface area contributed by atoms with Crippen molar-refractivity contribution >= 4 is 45.5 Å². The predicted octanol–water partition coefficient (Wildman–Crippen LogP) is 3.01. The van der Waals surface area contributed by atoms with Gasteiger partial charge in [0.05, 0.1) is 16.2 Å². The van der Waals surface area contributed by atoms with E-state index in [4.69, 9.17) is 9.15 Å². The van der Waals surface area contributed by atoms with Crippen LogP contribution in [0.15, 0.2) is 59.2 Å². The fraction of sp³-hybridized carbons (Fsp3) is 0.227. The molecule has 0 bridgehead atoms. The molecule has 11 nitrogen and oxygen atoms in total. The Hall–Kier alpha value is -4.19. The molecule has 1 aliphatic heterocycles. The molecule has 1 aromatic carbocycles. The molecule has 3 heterocycles. The normalized spacial score (nSPS) is 13.4. The van der Waals surface area contributed by atoms with Gasteiger partial charge in [-0.2, -0.15) is 0 Å². The summed E-state index contributed by atoms with van der Waals surface area (Å²) >= 11 is 1.03. The third-order valence-corrected chi connectivity index (χ3v) is 6.15. The van der Waals surface area contributed by atoms with Crippen LogP contribution in [0.1, 0.15) is 20.2 Å². The van der Waals surface area contributed by atoms with E-state index in [-0.39, 0.29) is 28.8 Å². The summed E-state index contributed by atoms with van der Waals surface area (Å²) in [6.07, 6.45) is 1.39. The van der Waals surface area contributed by atoms with Gasteiger partial charge in [-0.15, -0.1) is 11.3 Å². The van der Waals surface area contributed by atoms with Crippen LogP contribution in [-0.2, 0) is 9.53 Å². The number of thiophene rings is 1. The Balaban J connectivity index is 1.22. The number of anilines is 2. The van der Waals surface area contributed by atoms with Crippen molar-refractivity contribution in [3.05, 3.63) is 75.5 Å². The third kappa shape index (κ3) is 5.41. The number of non-ortho nitro benzene ring substituents is 1. The second kappa shape index (κ2) is 10.2. The molecular weight excluding hydrogens is 464 g/mol. The number of carbonyl (C=O) groups excluding carboxylic acids is 3. The zero-order valence-electron chi connectivity index (χ0n) is 17.8. The number of nitrogens with zero attached hydrogens (tertiary/aromatic N) is 3. The molecule has 176 valence electrons. The summed E-state index contributed by atoms with van der Waals surface area (Å²) in [5.74, 6) is -1.24. The van der Waals surface area contributed by atoms with Gasteiger partial charge in [-0.1, -0.05) is 0 Å². The van der Waals surface area contributed by atoms with Crippen LogP contribution >= 0.6 is 11.3 Å². The van der Waals surface area contributed by atoms with Gasteiger partial charge in [0.25, 0.3) is 17.5 Å². The van der Waals surface area contributed by atoms with E-state index < -0.39 is 16.8 Å². The summed E-state index contributed by atoms with van der Waals surface area (Å²) in [5.41, 5.74) is 0.869. The standard InChI is InChI=1S/C22H20N4O7S/c27-20(25-11-9-24(10-12-25)15-3-5-16(6-4-15)26(30)31)14-33-22(29)18-7-8-19(34-18)23-21(28)17-2-1-13-32-17/h1-8,13H,9-12,14H2,(H,23,28). The number of rotatable bonds is 7. The Kier molecular flexibility index (Phi) is 6.87. The molecule has 12 heteroatoms. The van der Waals surface area contributed by atoms with E-state index in [1.165, 1.54) is 30.5 Å². The largest absolute Gasteiger partial charge is 0.459 e. The summed E-state index contributed by atoms with van der Waals surface area (Å²) < 4.78 is 10.2. The summed E-state index contributed by atoms with van der Waals surface area (Å²) in [5, 5.41) is 13.9. The molecule has 1 fully saturated rings. The molecule has 0 radical (unpaired) electrons. The van der Waals surface area contributed by atoms with E-state index in [1.807, 2.05) is 4.90 Å². The maximum absolute atomic E-state index is 12.5. The molecular formula is C22H20N4O7S. The molecule has 0 saturated carbocycles. The monoisotopic (exact) mass is 484 g/mol. The molecule has 1 N–H and O–H groups in total. The van der Waals surface area contributed by atoms with E-state index in [2.05, 4.69) is 5.32 Å². The van der Waals surface area contributed by atoms with Crippen LogP contribution in [0.3, 0.4) is 0 Å². The van der Waals surface area contributed by atoms with Crippen molar-refractivity contribution < 1.29 is 28.5 Å². The number of nitrogens with one attached hydrogen (secondary N) is 1. The number of furan rings is 1. The number of amides is 2. The Morgan fingerprint density at radius 1 is 1.06 bits per heavy atom. The smallest absolute Gasteiger partial charge is 0.348 e. The first-order valence-electron chi connectivity index (χ1n) is 10.3. The van der Waals surface area contributed by atoms with Crippen molar-refractivity contribution in [2.45, 2.75) is 0 Å². The molecule has 1 aliphatic rings. The highest BCUT2D eigenvalue weighted by Gasteiger charge is 2.23.